The lowest BCUT2D eigenvalue weighted by molar-refractivity contribution is -0.154. The topological polar surface area (TPSA) is 91.4 Å². The summed E-state index contributed by atoms with van der Waals surface area (Å²) in [7, 11) is 1.28. The van der Waals surface area contributed by atoms with Crippen molar-refractivity contribution in [2.45, 2.75) is 19.4 Å². The number of methoxy groups -OCH3 is 1. The number of carbonyl (C=O) groups is 3. The lowest BCUT2D eigenvalue weighted by Crippen LogP contribution is -2.43. The fraction of sp³-hybridized carbons (Fsp3) is 0.258. The predicted molar refractivity (Wildman–Crippen MR) is 152 cm³/mol. The number of hydrogen-bond acceptors (Lipinski definition) is 7. The van der Waals surface area contributed by atoms with Crippen molar-refractivity contribution < 1.29 is 33.3 Å². The molecule has 40 heavy (non-hydrogen) atoms. The van der Waals surface area contributed by atoms with Crippen molar-refractivity contribution in [1.82, 2.24) is 4.90 Å². The van der Waals surface area contributed by atoms with Crippen LogP contribution in [0.25, 0.3) is 0 Å². The lowest BCUT2D eigenvalue weighted by atomic mass is 9.79. The molecule has 3 aromatic rings. The smallest absolute Gasteiger partial charge is 0.319 e. The van der Waals surface area contributed by atoms with E-state index < -0.39 is 29.7 Å². The van der Waals surface area contributed by atoms with Gasteiger partial charge in [0.15, 0.2) is 11.5 Å². The van der Waals surface area contributed by atoms with E-state index in [0.717, 1.165) is 11.1 Å². The number of ether oxygens (including phenoxy) is 4. The van der Waals surface area contributed by atoms with Crippen LogP contribution in [0.3, 0.4) is 0 Å². The Labute approximate surface area is 241 Å². The zero-order valence-electron chi connectivity index (χ0n) is 22.2. The molecule has 0 aromatic heterocycles. The van der Waals surface area contributed by atoms with E-state index >= 15 is 0 Å². The monoisotopic (exact) mass is 607 g/mol. The van der Waals surface area contributed by atoms with Crippen molar-refractivity contribution in [3.05, 3.63) is 106 Å². The zero-order valence-corrected chi connectivity index (χ0v) is 23.8. The Bertz CT molecular complexity index is 1360. The highest BCUT2D eigenvalue weighted by Gasteiger charge is 2.41. The summed E-state index contributed by atoms with van der Waals surface area (Å²) in [6.45, 7) is 1.95. The van der Waals surface area contributed by atoms with Crippen LogP contribution in [-0.2, 0) is 30.4 Å². The van der Waals surface area contributed by atoms with Gasteiger partial charge in [-0.3, -0.25) is 14.4 Å². The summed E-state index contributed by atoms with van der Waals surface area (Å²) < 4.78 is 22.0. The van der Waals surface area contributed by atoms with E-state index in [1.54, 1.807) is 29.2 Å². The van der Waals surface area contributed by atoms with Crippen LogP contribution in [0.1, 0.15) is 29.5 Å². The van der Waals surface area contributed by atoms with Crippen LogP contribution in [0.4, 0.5) is 0 Å². The number of carbonyl (C=O) groups excluding carboxylic acids is 3. The molecule has 208 valence electrons. The van der Waals surface area contributed by atoms with E-state index in [1.807, 2.05) is 60.7 Å². The highest BCUT2D eigenvalue weighted by molar-refractivity contribution is 9.10. The molecule has 4 rings (SSSR count). The molecule has 9 heteroatoms. The summed E-state index contributed by atoms with van der Waals surface area (Å²) in [5, 5.41) is 0. The van der Waals surface area contributed by atoms with Gasteiger partial charge in [0.1, 0.15) is 12.5 Å². The van der Waals surface area contributed by atoms with E-state index in [-0.39, 0.29) is 26.5 Å². The quantitative estimate of drug-likeness (QED) is 0.167. The maximum Gasteiger partial charge on any atom is 0.319 e. The second kappa shape index (κ2) is 13.8. The molecule has 0 spiro atoms. The van der Waals surface area contributed by atoms with Gasteiger partial charge in [0.05, 0.1) is 7.11 Å². The maximum absolute atomic E-state index is 14.4. The van der Waals surface area contributed by atoms with Crippen LogP contribution in [0, 0.1) is 5.92 Å². The van der Waals surface area contributed by atoms with Crippen molar-refractivity contribution in [2.75, 3.05) is 27.1 Å². The van der Waals surface area contributed by atoms with Crippen LogP contribution in [0.5, 0.6) is 11.5 Å². The first-order chi connectivity index (χ1) is 19.4. The Hall–Kier alpha value is -4.11. The second-order valence-electron chi connectivity index (χ2n) is 9.09. The normalized spacial score (nSPS) is 13.5. The molecule has 1 aliphatic heterocycles. The molecule has 1 amide bonds. The van der Waals surface area contributed by atoms with Crippen molar-refractivity contribution in [2.24, 2.45) is 5.92 Å². The molecule has 0 N–H and O–H groups in total. The number of hydrogen-bond donors (Lipinski definition) is 0. The highest BCUT2D eigenvalue weighted by Crippen LogP contribution is 2.44. The van der Waals surface area contributed by atoms with E-state index in [9.17, 15) is 14.4 Å². The van der Waals surface area contributed by atoms with Gasteiger partial charge < -0.3 is 23.8 Å². The summed E-state index contributed by atoms with van der Waals surface area (Å²) in [5.74, 6) is -2.27. The first-order valence-corrected chi connectivity index (χ1v) is 13.5. The van der Waals surface area contributed by atoms with E-state index in [0.29, 0.717) is 21.5 Å². The molecule has 0 saturated heterocycles. The third kappa shape index (κ3) is 7.09. The van der Waals surface area contributed by atoms with Crippen molar-refractivity contribution in [3.63, 3.8) is 0 Å². The van der Waals surface area contributed by atoms with E-state index in [2.05, 4.69) is 15.9 Å². The zero-order chi connectivity index (χ0) is 28.5. The van der Waals surface area contributed by atoms with Crippen LogP contribution in [0.2, 0.25) is 0 Å². The average molecular weight is 608 g/mol. The molecule has 0 radical (unpaired) electrons. The van der Waals surface area contributed by atoms with Crippen LogP contribution in [0.15, 0.2) is 89.4 Å². The Morgan fingerprint density at radius 2 is 1.62 bits per heavy atom. The largest absolute Gasteiger partial charge is 0.468 e. The Balaban J connectivity index is 1.77. The van der Waals surface area contributed by atoms with Crippen LogP contribution < -0.4 is 9.47 Å². The molecular weight excluding hydrogens is 578 g/mol. The Morgan fingerprint density at radius 3 is 2.27 bits per heavy atom. The number of esters is 2. The van der Waals surface area contributed by atoms with Gasteiger partial charge in [-0.15, -0.1) is 0 Å². The van der Waals surface area contributed by atoms with Gasteiger partial charge in [0.2, 0.25) is 12.7 Å². The van der Waals surface area contributed by atoms with Gasteiger partial charge in [-0.2, -0.15) is 0 Å². The molecule has 1 aliphatic rings. The van der Waals surface area contributed by atoms with Crippen LogP contribution in [-0.4, -0.2) is 49.8 Å². The molecule has 3 aromatic carbocycles. The third-order valence-corrected chi connectivity index (χ3v) is 7.13. The SMILES string of the molecule is COC(=O)[C@H](C(=O)N(C/C=C\COC(C)=O)Cc1ccccc1)[C@H](c1ccccc1)c1cc2c(cc1Br)OCO2. The van der Waals surface area contributed by atoms with Crippen molar-refractivity contribution >= 4 is 33.8 Å². The molecule has 0 bridgehead atoms. The number of halogens is 1. The maximum atomic E-state index is 14.4. The number of fused-ring (bicyclic) bond motifs is 1. The standard InChI is InChI=1S/C31H30BrNO7/c1-21(34)38-16-10-9-15-33(19-22-11-5-3-6-12-22)30(35)29(31(36)37-2)28(23-13-7-4-8-14-23)24-17-26-27(18-25(24)32)40-20-39-26/h3-14,17-18,28-29H,15-16,19-20H2,1-2H3/b10-9-/t28-,29+/m1/s1. The lowest BCUT2D eigenvalue weighted by Gasteiger charge is -2.31. The Kier molecular flexibility index (Phi) is 9.96. The van der Waals surface area contributed by atoms with E-state index in [4.69, 9.17) is 18.9 Å². The molecule has 0 aliphatic carbocycles. The van der Waals surface area contributed by atoms with Gasteiger partial charge in [0, 0.05) is 30.4 Å². The first-order valence-electron chi connectivity index (χ1n) is 12.7. The number of amides is 1. The number of benzene rings is 3. The minimum absolute atomic E-state index is 0.0832. The predicted octanol–water partition coefficient (Wildman–Crippen LogP) is 5.25. The minimum Gasteiger partial charge on any atom is -0.468 e. The van der Waals surface area contributed by atoms with Gasteiger partial charge in [0.25, 0.3) is 0 Å². The van der Waals surface area contributed by atoms with Gasteiger partial charge in [-0.1, -0.05) is 82.7 Å². The second-order valence-corrected chi connectivity index (χ2v) is 9.95. The molecule has 0 unspecified atom stereocenters. The summed E-state index contributed by atoms with van der Waals surface area (Å²) in [6.07, 6.45) is 3.41. The summed E-state index contributed by atoms with van der Waals surface area (Å²) in [6, 6.07) is 22.5. The highest BCUT2D eigenvalue weighted by atomic mass is 79.9. The summed E-state index contributed by atoms with van der Waals surface area (Å²) in [5.41, 5.74) is 2.34. The third-order valence-electron chi connectivity index (χ3n) is 6.44. The number of rotatable bonds is 11. The average Bonchev–Trinajstić information content (AvgIpc) is 3.42. The fourth-order valence-corrected chi connectivity index (χ4v) is 5.13. The minimum atomic E-state index is -1.21. The molecule has 1 heterocycles. The molecule has 2 atom stereocenters. The van der Waals surface area contributed by atoms with Crippen LogP contribution >= 0.6 is 15.9 Å². The van der Waals surface area contributed by atoms with Crippen molar-refractivity contribution in [3.8, 4) is 11.5 Å². The van der Waals surface area contributed by atoms with Gasteiger partial charge in [-0.05, 0) is 34.9 Å². The summed E-state index contributed by atoms with van der Waals surface area (Å²) in [4.78, 5) is 40.6. The van der Waals surface area contributed by atoms with E-state index in [1.165, 1.54) is 14.0 Å². The van der Waals surface area contributed by atoms with Gasteiger partial charge >= 0.3 is 11.9 Å². The fourth-order valence-electron chi connectivity index (χ4n) is 4.56. The summed E-state index contributed by atoms with van der Waals surface area (Å²) >= 11 is 3.63. The van der Waals surface area contributed by atoms with Crippen molar-refractivity contribution in [1.29, 1.82) is 0 Å². The Morgan fingerprint density at radius 1 is 0.975 bits per heavy atom. The number of nitrogens with zero attached hydrogens (tertiary/aromatic N) is 1. The molecule has 0 saturated carbocycles. The van der Waals surface area contributed by atoms with Gasteiger partial charge in [-0.25, -0.2) is 0 Å². The molecular formula is C31H30BrNO7. The molecule has 0 fully saturated rings. The molecule has 8 nitrogen and oxygen atoms in total. The first kappa shape index (κ1) is 28.9.